The summed E-state index contributed by atoms with van der Waals surface area (Å²) in [7, 11) is 14.1. The number of ether oxygens (including phenoxy) is 1. The standard InChI is InChI=1S/C18H24B3N4O2/c1-10-12(14(21-5)25-15(13(10)19)22-16(20)23-25)11-6-8-24(9-7-11)17(26)27-18(2,3)4/h11H,6-9H2,1-5H3. The fourth-order valence-corrected chi connectivity index (χ4v) is 3.76. The number of carbonyl (C=O) groups excluding carboxylic acids is 1. The van der Waals surface area contributed by atoms with Gasteiger partial charge in [-0.1, -0.05) is 12.4 Å². The van der Waals surface area contributed by atoms with Gasteiger partial charge in [0.1, 0.15) is 19.1 Å². The fraction of sp³-hybridized carbons (Fsp3) is 0.611. The zero-order valence-electron chi connectivity index (χ0n) is 16.7. The second kappa shape index (κ2) is 7.25. The van der Waals surface area contributed by atoms with E-state index in [1.165, 1.54) is 0 Å². The molecule has 3 heterocycles. The third-order valence-electron chi connectivity index (χ3n) is 5.00. The predicted molar refractivity (Wildman–Crippen MR) is 110 cm³/mol. The lowest BCUT2D eigenvalue weighted by molar-refractivity contribution is 0.0205. The van der Waals surface area contributed by atoms with Crippen molar-refractivity contribution in [3.05, 3.63) is 11.1 Å². The van der Waals surface area contributed by atoms with Crippen LogP contribution in [0, 0.1) is 6.92 Å². The molecule has 1 fully saturated rings. The van der Waals surface area contributed by atoms with E-state index < -0.39 is 5.60 Å². The first kappa shape index (κ1) is 19.8. The number of pyridine rings is 1. The van der Waals surface area contributed by atoms with Crippen molar-refractivity contribution in [3.63, 3.8) is 0 Å². The van der Waals surface area contributed by atoms with E-state index in [2.05, 4.69) is 10.1 Å². The second-order valence-corrected chi connectivity index (χ2v) is 8.07. The lowest BCUT2D eigenvalue weighted by Gasteiger charge is -2.35. The molecule has 0 saturated carbocycles. The van der Waals surface area contributed by atoms with E-state index in [1.54, 1.807) is 9.42 Å². The van der Waals surface area contributed by atoms with Gasteiger partial charge in [-0.3, -0.25) is 0 Å². The zero-order chi connectivity index (χ0) is 19.9. The van der Waals surface area contributed by atoms with Crippen molar-refractivity contribution < 1.29 is 9.53 Å². The molecule has 0 aromatic carbocycles. The highest BCUT2D eigenvalue weighted by atomic mass is 16.6. The third-order valence-corrected chi connectivity index (χ3v) is 5.00. The van der Waals surface area contributed by atoms with Gasteiger partial charge in [-0.2, -0.15) is 5.10 Å². The summed E-state index contributed by atoms with van der Waals surface area (Å²) >= 11 is 0. The fourth-order valence-electron chi connectivity index (χ4n) is 3.76. The van der Waals surface area contributed by atoms with Crippen LogP contribution in [0.15, 0.2) is 0 Å². The van der Waals surface area contributed by atoms with Gasteiger partial charge in [0.05, 0.1) is 5.72 Å². The SMILES string of the molecule is [B]c1nc2c([B])c(C)c(C3CCN(C(=O)OC(C)(C)C)CC3)c([B]C)n2n1. The maximum Gasteiger partial charge on any atom is 0.410 e. The molecule has 0 N–H and O–H groups in total. The summed E-state index contributed by atoms with van der Waals surface area (Å²) in [5.41, 5.74) is 4.07. The number of carbonyl (C=O) groups is 1. The van der Waals surface area contributed by atoms with Crippen molar-refractivity contribution in [3.8, 4) is 0 Å². The molecule has 9 heteroatoms. The van der Waals surface area contributed by atoms with Gasteiger partial charge < -0.3 is 9.64 Å². The molecule has 0 atom stereocenters. The Morgan fingerprint density at radius 3 is 2.44 bits per heavy atom. The van der Waals surface area contributed by atoms with Crippen LogP contribution in [0.2, 0.25) is 6.82 Å². The van der Waals surface area contributed by atoms with Gasteiger partial charge in [0.25, 0.3) is 0 Å². The lowest BCUT2D eigenvalue weighted by atomic mass is 9.68. The number of rotatable bonds is 2. The molecule has 2 aromatic rings. The summed E-state index contributed by atoms with van der Waals surface area (Å²) < 4.78 is 7.22. The smallest absolute Gasteiger partial charge is 0.410 e. The summed E-state index contributed by atoms with van der Waals surface area (Å²) in [6, 6.07) is 0. The maximum atomic E-state index is 12.3. The Kier molecular flexibility index (Phi) is 5.32. The van der Waals surface area contributed by atoms with Crippen LogP contribution >= 0.6 is 0 Å². The number of piperidine rings is 1. The van der Waals surface area contributed by atoms with Crippen LogP contribution in [0.5, 0.6) is 0 Å². The molecular formula is C18H24B3N4O2. The Morgan fingerprint density at radius 1 is 1.26 bits per heavy atom. The van der Waals surface area contributed by atoms with E-state index in [9.17, 15) is 4.79 Å². The van der Waals surface area contributed by atoms with E-state index in [4.69, 9.17) is 20.4 Å². The molecule has 2 aromatic heterocycles. The predicted octanol–water partition coefficient (Wildman–Crippen LogP) is 0.117. The normalized spacial score (nSPS) is 16.0. The molecule has 6 nitrogen and oxygen atoms in total. The maximum absolute atomic E-state index is 12.3. The molecule has 3 rings (SSSR count). The molecule has 5 radical (unpaired) electrons. The van der Waals surface area contributed by atoms with Gasteiger partial charge in [-0.25, -0.2) is 14.3 Å². The van der Waals surface area contributed by atoms with Gasteiger partial charge in [0, 0.05) is 18.7 Å². The summed E-state index contributed by atoms with van der Waals surface area (Å²) in [6.45, 7) is 10.9. The highest BCUT2D eigenvalue weighted by molar-refractivity contribution is 6.52. The van der Waals surface area contributed by atoms with Gasteiger partial charge in [0.15, 0.2) is 15.1 Å². The largest absolute Gasteiger partial charge is 0.444 e. The highest BCUT2D eigenvalue weighted by Gasteiger charge is 2.30. The Bertz CT molecular complexity index is 868. The van der Waals surface area contributed by atoms with Crippen molar-refractivity contribution >= 4 is 51.5 Å². The number of fused-ring (bicyclic) bond motifs is 1. The van der Waals surface area contributed by atoms with Crippen molar-refractivity contribution in [1.29, 1.82) is 0 Å². The van der Waals surface area contributed by atoms with E-state index in [0.29, 0.717) is 24.2 Å². The van der Waals surface area contributed by atoms with E-state index in [1.807, 2.05) is 41.8 Å². The molecule has 0 aliphatic carbocycles. The van der Waals surface area contributed by atoms with Gasteiger partial charge in [-0.15, -0.1) is 0 Å². The first-order chi connectivity index (χ1) is 12.6. The molecule has 1 aliphatic rings. The minimum Gasteiger partial charge on any atom is -0.444 e. The Balaban J connectivity index is 1.87. The monoisotopic (exact) mass is 361 g/mol. The minimum atomic E-state index is -0.485. The second-order valence-electron chi connectivity index (χ2n) is 8.07. The van der Waals surface area contributed by atoms with Crippen LogP contribution in [0.4, 0.5) is 4.79 Å². The topological polar surface area (TPSA) is 59.7 Å². The average molecular weight is 361 g/mol. The third kappa shape index (κ3) is 3.87. The molecule has 1 aliphatic heterocycles. The first-order valence-electron chi connectivity index (χ1n) is 9.34. The quantitative estimate of drug-likeness (QED) is 0.714. The number of nitrogens with zero attached hydrogens (tertiary/aromatic N) is 4. The number of hydrogen-bond acceptors (Lipinski definition) is 4. The molecule has 1 saturated heterocycles. The summed E-state index contributed by atoms with van der Waals surface area (Å²) in [6.07, 6.45) is 1.44. The lowest BCUT2D eigenvalue weighted by Crippen LogP contribution is -2.43. The number of aromatic nitrogens is 3. The zero-order valence-corrected chi connectivity index (χ0v) is 16.7. The molecule has 137 valence electrons. The number of hydrogen-bond donors (Lipinski definition) is 0. The van der Waals surface area contributed by atoms with Crippen molar-refractivity contribution in [2.45, 2.75) is 58.9 Å². The van der Waals surface area contributed by atoms with Crippen LogP contribution in [0.3, 0.4) is 0 Å². The summed E-state index contributed by atoms with van der Waals surface area (Å²) in [4.78, 5) is 18.4. The Hall–Kier alpha value is -1.92. The number of likely N-dealkylation sites (tertiary alicyclic amines) is 1. The van der Waals surface area contributed by atoms with Crippen LogP contribution in [0.25, 0.3) is 5.65 Å². The van der Waals surface area contributed by atoms with Gasteiger partial charge >= 0.3 is 6.09 Å². The molecule has 0 bridgehead atoms. The first-order valence-corrected chi connectivity index (χ1v) is 9.34. The van der Waals surface area contributed by atoms with Crippen LogP contribution in [0.1, 0.15) is 50.7 Å². The Morgan fingerprint density at radius 2 is 1.89 bits per heavy atom. The molecule has 0 unspecified atom stereocenters. The number of amides is 1. The van der Waals surface area contributed by atoms with Gasteiger partial charge in [0.2, 0.25) is 0 Å². The van der Waals surface area contributed by atoms with Gasteiger partial charge in [-0.05, 0) is 57.5 Å². The molecular weight excluding hydrogens is 337 g/mol. The molecule has 0 spiro atoms. The Labute approximate surface area is 164 Å². The van der Waals surface area contributed by atoms with Crippen molar-refractivity contribution in [2.75, 3.05) is 13.1 Å². The van der Waals surface area contributed by atoms with Crippen LogP contribution in [-0.4, -0.2) is 67.3 Å². The van der Waals surface area contributed by atoms with Crippen LogP contribution < -0.4 is 16.8 Å². The summed E-state index contributed by atoms with van der Waals surface area (Å²) in [5, 5.41) is 4.31. The van der Waals surface area contributed by atoms with E-state index >= 15 is 0 Å². The average Bonchev–Trinajstić information content (AvgIpc) is 2.98. The van der Waals surface area contributed by atoms with E-state index in [0.717, 1.165) is 29.6 Å². The van der Waals surface area contributed by atoms with Crippen molar-refractivity contribution in [2.24, 2.45) is 0 Å². The van der Waals surface area contributed by atoms with E-state index in [-0.39, 0.29) is 17.7 Å². The van der Waals surface area contributed by atoms with Crippen molar-refractivity contribution in [1.82, 2.24) is 19.5 Å². The molecule has 1 amide bonds. The van der Waals surface area contributed by atoms with Crippen LogP contribution in [-0.2, 0) is 4.74 Å². The highest BCUT2D eigenvalue weighted by Crippen LogP contribution is 2.29. The molecule has 27 heavy (non-hydrogen) atoms. The summed E-state index contributed by atoms with van der Waals surface area (Å²) in [5.74, 6) is 0.284. The minimum absolute atomic E-state index is 0.209.